The summed E-state index contributed by atoms with van der Waals surface area (Å²) >= 11 is 1.23. The number of hydrogen-bond donors (Lipinski definition) is 0. The van der Waals surface area contributed by atoms with Crippen molar-refractivity contribution < 1.29 is 19.2 Å². The molecule has 1 aliphatic heterocycles. The zero-order chi connectivity index (χ0) is 22.0. The number of rotatable bonds is 5. The zero-order valence-electron chi connectivity index (χ0n) is 16.7. The van der Waals surface area contributed by atoms with Gasteiger partial charge in [0.2, 0.25) is 0 Å². The van der Waals surface area contributed by atoms with Crippen molar-refractivity contribution >= 4 is 34.6 Å². The number of benzene rings is 2. The molecule has 0 fully saturated rings. The Hall–Kier alpha value is -3.59. The lowest BCUT2D eigenvalue weighted by atomic mass is 10.0. The van der Waals surface area contributed by atoms with Crippen molar-refractivity contribution in [2.24, 2.45) is 0 Å². The maximum atomic E-state index is 12.7. The molecular formula is C22H19N3O5S. The van der Waals surface area contributed by atoms with Crippen LogP contribution in [0.2, 0.25) is 0 Å². The van der Waals surface area contributed by atoms with E-state index >= 15 is 0 Å². The van der Waals surface area contributed by atoms with Crippen LogP contribution in [0.5, 0.6) is 0 Å². The molecule has 2 heterocycles. The molecule has 0 saturated heterocycles. The van der Waals surface area contributed by atoms with Gasteiger partial charge in [-0.1, -0.05) is 30.3 Å². The highest BCUT2D eigenvalue weighted by Crippen LogP contribution is 2.31. The van der Waals surface area contributed by atoms with E-state index in [0.717, 1.165) is 11.1 Å². The average Bonchev–Trinajstić information content (AvgIpc) is 3.18. The molecule has 0 atom stereocenters. The monoisotopic (exact) mass is 437 g/mol. The predicted molar refractivity (Wildman–Crippen MR) is 116 cm³/mol. The number of aryl methyl sites for hydroxylation is 2. The van der Waals surface area contributed by atoms with Crippen LogP contribution in [0.15, 0.2) is 48.5 Å². The van der Waals surface area contributed by atoms with Crippen LogP contribution in [-0.2, 0) is 16.0 Å². The molecule has 31 heavy (non-hydrogen) atoms. The van der Waals surface area contributed by atoms with E-state index in [1.807, 2.05) is 30.3 Å². The van der Waals surface area contributed by atoms with E-state index in [1.54, 1.807) is 13.0 Å². The minimum absolute atomic E-state index is 0.00522. The highest BCUT2D eigenvalue weighted by Gasteiger charge is 2.26. The fourth-order valence-corrected chi connectivity index (χ4v) is 4.48. The molecule has 0 unspecified atom stereocenters. The molecule has 3 aromatic rings. The van der Waals surface area contributed by atoms with Gasteiger partial charge >= 0.3 is 5.97 Å². The quantitative estimate of drug-likeness (QED) is 0.337. The number of nitrogens with zero attached hydrogens (tertiary/aromatic N) is 3. The molecular weight excluding hydrogens is 418 g/mol. The number of ether oxygens (including phenoxy) is 1. The van der Waals surface area contributed by atoms with Gasteiger partial charge in [0.15, 0.2) is 6.61 Å². The number of thiazole rings is 1. The second-order valence-electron chi connectivity index (χ2n) is 7.09. The van der Waals surface area contributed by atoms with Gasteiger partial charge < -0.3 is 9.64 Å². The maximum absolute atomic E-state index is 12.7. The Bertz CT molecular complexity index is 1160. The lowest BCUT2D eigenvalue weighted by Gasteiger charge is -2.29. The number of amides is 1. The highest BCUT2D eigenvalue weighted by atomic mass is 32.1. The third-order valence-corrected chi connectivity index (χ3v) is 6.21. The fraction of sp³-hybridized carbons (Fsp3) is 0.227. The Balaban J connectivity index is 1.45. The molecule has 1 aliphatic rings. The topological polar surface area (TPSA) is 103 Å². The van der Waals surface area contributed by atoms with Gasteiger partial charge in [0.05, 0.1) is 10.6 Å². The summed E-state index contributed by atoms with van der Waals surface area (Å²) < 4.78 is 5.28. The van der Waals surface area contributed by atoms with Crippen molar-refractivity contribution in [3.8, 4) is 10.6 Å². The summed E-state index contributed by atoms with van der Waals surface area (Å²) in [5, 5.41) is 11.7. The first-order valence-electron chi connectivity index (χ1n) is 9.71. The summed E-state index contributed by atoms with van der Waals surface area (Å²) in [7, 11) is 0. The molecule has 0 radical (unpaired) electrons. The molecule has 4 rings (SSSR count). The minimum atomic E-state index is -0.591. The average molecular weight is 437 g/mol. The molecule has 2 aromatic carbocycles. The van der Waals surface area contributed by atoms with E-state index in [-0.39, 0.29) is 11.6 Å². The number of nitro groups is 1. The van der Waals surface area contributed by atoms with Crippen LogP contribution in [-0.4, -0.2) is 34.9 Å². The summed E-state index contributed by atoms with van der Waals surface area (Å²) in [6.07, 6.45) is 1.34. The maximum Gasteiger partial charge on any atom is 0.350 e. The Kier molecular flexibility index (Phi) is 5.77. The Morgan fingerprint density at radius 1 is 1.23 bits per heavy atom. The summed E-state index contributed by atoms with van der Waals surface area (Å²) in [6, 6.07) is 14.0. The lowest BCUT2D eigenvalue weighted by molar-refractivity contribution is -0.384. The van der Waals surface area contributed by atoms with Crippen LogP contribution in [0, 0.1) is 17.0 Å². The van der Waals surface area contributed by atoms with Crippen molar-refractivity contribution in [2.75, 3.05) is 18.1 Å². The Labute approximate surface area is 182 Å². The van der Waals surface area contributed by atoms with Gasteiger partial charge in [0, 0.05) is 29.9 Å². The number of nitro benzene ring substituents is 1. The van der Waals surface area contributed by atoms with Crippen molar-refractivity contribution in [2.45, 2.75) is 19.8 Å². The number of carbonyl (C=O) groups is 2. The minimum Gasteiger partial charge on any atom is -0.451 e. The van der Waals surface area contributed by atoms with E-state index in [2.05, 4.69) is 4.98 Å². The standard InChI is InChI=1S/C22H19N3O5S/c1-14-20(31-21(23-14)15-6-3-2-4-7-15)22(27)30-13-19(26)24-11-5-8-16-12-17(25(28)29)9-10-18(16)24/h2-4,6-7,9-10,12H,5,8,11,13H2,1H3. The van der Waals surface area contributed by atoms with Crippen LogP contribution in [0.3, 0.4) is 0 Å². The highest BCUT2D eigenvalue weighted by molar-refractivity contribution is 7.17. The number of fused-ring (bicyclic) bond motifs is 1. The molecule has 9 heteroatoms. The van der Waals surface area contributed by atoms with Gasteiger partial charge in [-0.15, -0.1) is 11.3 Å². The van der Waals surface area contributed by atoms with Crippen molar-refractivity contribution in [1.82, 2.24) is 4.98 Å². The summed E-state index contributed by atoms with van der Waals surface area (Å²) in [4.78, 5) is 42.2. The van der Waals surface area contributed by atoms with E-state index < -0.39 is 17.5 Å². The molecule has 0 spiro atoms. The van der Waals surface area contributed by atoms with Crippen molar-refractivity contribution in [3.63, 3.8) is 0 Å². The number of carbonyl (C=O) groups excluding carboxylic acids is 2. The number of esters is 1. The van der Waals surface area contributed by atoms with Crippen LogP contribution < -0.4 is 4.90 Å². The molecule has 158 valence electrons. The lowest BCUT2D eigenvalue weighted by Crippen LogP contribution is -2.38. The molecule has 0 saturated carbocycles. The predicted octanol–water partition coefficient (Wildman–Crippen LogP) is 4.16. The second kappa shape index (κ2) is 8.65. The van der Waals surface area contributed by atoms with Crippen LogP contribution >= 0.6 is 11.3 Å². The Morgan fingerprint density at radius 3 is 2.74 bits per heavy atom. The zero-order valence-corrected chi connectivity index (χ0v) is 17.6. The molecule has 1 amide bonds. The van der Waals surface area contributed by atoms with Gasteiger partial charge in [-0.2, -0.15) is 0 Å². The fourth-order valence-electron chi connectivity index (χ4n) is 3.52. The summed E-state index contributed by atoms with van der Waals surface area (Å²) in [5.41, 5.74) is 2.82. The number of non-ortho nitro benzene ring substituents is 1. The van der Waals surface area contributed by atoms with Crippen LogP contribution in [0.1, 0.15) is 27.3 Å². The normalized spacial score (nSPS) is 12.9. The van der Waals surface area contributed by atoms with Crippen LogP contribution in [0.4, 0.5) is 11.4 Å². The van der Waals surface area contributed by atoms with E-state index in [1.165, 1.54) is 28.4 Å². The van der Waals surface area contributed by atoms with Crippen molar-refractivity contribution in [3.05, 3.63) is 74.8 Å². The number of aromatic nitrogens is 1. The van der Waals surface area contributed by atoms with Crippen molar-refractivity contribution in [1.29, 1.82) is 0 Å². The van der Waals surface area contributed by atoms with E-state index in [9.17, 15) is 19.7 Å². The first kappa shape index (κ1) is 20.7. The number of anilines is 1. The second-order valence-corrected chi connectivity index (χ2v) is 8.09. The van der Waals surface area contributed by atoms with Gasteiger partial charge in [0.1, 0.15) is 9.88 Å². The number of hydrogen-bond acceptors (Lipinski definition) is 7. The van der Waals surface area contributed by atoms with Gasteiger partial charge in [-0.3, -0.25) is 14.9 Å². The molecule has 8 nitrogen and oxygen atoms in total. The van der Waals surface area contributed by atoms with Gasteiger partial charge in [-0.05, 0) is 31.4 Å². The molecule has 0 aliphatic carbocycles. The van der Waals surface area contributed by atoms with Crippen LogP contribution in [0.25, 0.3) is 10.6 Å². The molecule has 0 N–H and O–H groups in total. The molecule has 0 bridgehead atoms. The third-order valence-electron chi connectivity index (χ3n) is 5.02. The van der Waals surface area contributed by atoms with Gasteiger partial charge in [0.25, 0.3) is 11.6 Å². The Morgan fingerprint density at radius 2 is 2.00 bits per heavy atom. The largest absolute Gasteiger partial charge is 0.451 e. The smallest absolute Gasteiger partial charge is 0.350 e. The first-order valence-corrected chi connectivity index (χ1v) is 10.5. The molecule has 1 aromatic heterocycles. The van der Waals surface area contributed by atoms with E-state index in [4.69, 9.17) is 4.74 Å². The summed E-state index contributed by atoms with van der Waals surface area (Å²) in [6.45, 7) is 1.79. The van der Waals surface area contributed by atoms with E-state index in [0.29, 0.717) is 40.7 Å². The third kappa shape index (κ3) is 4.31. The summed E-state index contributed by atoms with van der Waals surface area (Å²) in [5.74, 6) is -0.958. The van der Waals surface area contributed by atoms with Gasteiger partial charge in [-0.25, -0.2) is 9.78 Å². The SMILES string of the molecule is Cc1nc(-c2ccccc2)sc1C(=O)OCC(=O)N1CCCc2cc([N+](=O)[O-])ccc21. The first-order chi connectivity index (χ1) is 14.9.